The van der Waals surface area contributed by atoms with Gasteiger partial charge in [-0.1, -0.05) is 32.0 Å². The summed E-state index contributed by atoms with van der Waals surface area (Å²) < 4.78 is 0. The summed E-state index contributed by atoms with van der Waals surface area (Å²) in [6.07, 6.45) is 0.969. The van der Waals surface area contributed by atoms with Crippen LogP contribution in [-0.4, -0.2) is 29.7 Å². The Bertz CT molecular complexity index is 582. The van der Waals surface area contributed by atoms with Gasteiger partial charge in [-0.2, -0.15) is 0 Å². The number of carboxylic acid groups (broad SMARTS) is 1. The zero-order valence-electron chi connectivity index (χ0n) is 11.6. The summed E-state index contributed by atoms with van der Waals surface area (Å²) in [4.78, 5) is 25.2. The molecule has 0 spiro atoms. The van der Waals surface area contributed by atoms with Gasteiger partial charge in [-0.25, -0.2) is 4.79 Å². The van der Waals surface area contributed by atoms with E-state index < -0.39 is 11.9 Å². The molecule has 2 aliphatic rings. The van der Waals surface area contributed by atoms with E-state index >= 15 is 0 Å². The van der Waals surface area contributed by atoms with Gasteiger partial charge >= 0.3 is 12.0 Å². The van der Waals surface area contributed by atoms with Crippen LogP contribution in [0.25, 0.3) is 0 Å². The molecule has 0 bridgehead atoms. The number of amides is 2. The van der Waals surface area contributed by atoms with Crippen LogP contribution >= 0.6 is 0 Å². The molecule has 1 aromatic carbocycles. The van der Waals surface area contributed by atoms with Gasteiger partial charge in [-0.05, 0) is 23.5 Å². The van der Waals surface area contributed by atoms with Crippen LogP contribution < -0.4 is 10.2 Å². The third-order valence-corrected chi connectivity index (χ3v) is 4.32. The highest BCUT2D eigenvalue weighted by molar-refractivity contribution is 5.98. The number of benzene rings is 1. The first kappa shape index (κ1) is 13.0. The monoisotopic (exact) mass is 274 g/mol. The third kappa shape index (κ3) is 2.03. The second kappa shape index (κ2) is 4.23. The second-order valence-electron chi connectivity index (χ2n) is 6.26. The van der Waals surface area contributed by atoms with Crippen LogP contribution in [0.15, 0.2) is 24.3 Å². The Morgan fingerprint density at radius 3 is 2.60 bits per heavy atom. The highest BCUT2D eigenvalue weighted by Gasteiger charge is 2.48. The van der Waals surface area contributed by atoms with E-state index in [2.05, 4.69) is 19.2 Å². The summed E-state index contributed by atoms with van der Waals surface area (Å²) in [7, 11) is 0. The summed E-state index contributed by atoms with van der Waals surface area (Å²) in [5.74, 6) is -1.52. The standard InChI is InChI=1S/C15H18N2O3/c1-15(2)7-12(15)16-14(20)17-8-10(13(18)19)9-5-3-4-6-11(9)17/h3-6,10,12H,7-8H2,1-2H3,(H,16,20)(H,18,19). The van der Waals surface area contributed by atoms with Crippen LogP contribution in [0.5, 0.6) is 0 Å². The van der Waals surface area contributed by atoms with E-state index in [9.17, 15) is 14.7 Å². The quantitative estimate of drug-likeness (QED) is 0.868. The number of carboxylic acids is 1. The van der Waals surface area contributed by atoms with Gasteiger partial charge in [0, 0.05) is 18.3 Å². The van der Waals surface area contributed by atoms with Crippen molar-refractivity contribution in [1.29, 1.82) is 0 Å². The number of fused-ring (bicyclic) bond motifs is 1. The summed E-state index contributed by atoms with van der Waals surface area (Å²) in [5, 5.41) is 12.3. The Morgan fingerprint density at radius 2 is 2.00 bits per heavy atom. The number of hydrogen-bond donors (Lipinski definition) is 2. The van der Waals surface area contributed by atoms with Gasteiger partial charge in [0.1, 0.15) is 5.92 Å². The topological polar surface area (TPSA) is 69.6 Å². The predicted octanol–water partition coefficient (Wildman–Crippen LogP) is 2.18. The minimum absolute atomic E-state index is 0.154. The average molecular weight is 274 g/mol. The van der Waals surface area contributed by atoms with Gasteiger partial charge in [0.15, 0.2) is 0 Å². The van der Waals surface area contributed by atoms with Crippen molar-refractivity contribution in [2.75, 3.05) is 11.4 Å². The molecule has 1 aromatic rings. The van der Waals surface area contributed by atoms with Crippen molar-refractivity contribution >= 4 is 17.7 Å². The van der Waals surface area contributed by atoms with Crippen LogP contribution in [0, 0.1) is 5.41 Å². The Labute approximate surface area is 117 Å². The van der Waals surface area contributed by atoms with E-state index in [1.807, 2.05) is 6.07 Å². The fourth-order valence-corrected chi connectivity index (χ4v) is 2.75. The number of carbonyl (C=O) groups excluding carboxylic acids is 1. The van der Waals surface area contributed by atoms with Crippen molar-refractivity contribution in [3.8, 4) is 0 Å². The molecule has 5 nitrogen and oxygen atoms in total. The van der Waals surface area contributed by atoms with Gasteiger partial charge in [-0.15, -0.1) is 0 Å². The molecule has 0 radical (unpaired) electrons. The number of hydrogen-bond acceptors (Lipinski definition) is 2. The van der Waals surface area contributed by atoms with Crippen molar-refractivity contribution in [3.05, 3.63) is 29.8 Å². The molecule has 1 heterocycles. The van der Waals surface area contributed by atoms with Crippen molar-refractivity contribution in [2.24, 2.45) is 5.41 Å². The number of aliphatic carboxylic acids is 1. The molecule has 0 aromatic heterocycles. The molecule has 1 aliphatic carbocycles. The van der Waals surface area contributed by atoms with Gasteiger partial charge in [-0.3, -0.25) is 9.69 Å². The Kier molecular flexibility index (Phi) is 2.74. The predicted molar refractivity (Wildman–Crippen MR) is 74.9 cm³/mol. The maximum atomic E-state index is 12.3. The molecule has 20 heavy (non-hydrogen) atoms. The lowest BCUT2D eigenvalue weighted by Crippen LogP contribution is -2.42. The Hall–Kier alpha value is -2.04. The molecule has 2 N–H and O–H groups in total. The SMILES string of the molecule is CC1(C)CC1NC(=O)N1CC(C(=O)O)c2ccccc21. The normalized spacial score (nSPS) is 26.0. The first-order chi connectivity index (χ1) is 9.40. The lowest BCUT2D eigenvalue weighted by Gasteiger charge is -2.19. The molecule has 2 unspecified atom stereocenters. The summed E-state index contributed by atoms with van der Waals surface area (Å²) in [6.45, 7) is 4.42. The number of para-hydroxylation sites is 1. The molecular weight excluding hydrogens is 256 g/mol. The highest BCUT2D eigenvalue weighted by atomic mass is 16.4. The third-order valence-electron chi connectivity index (χ3n) is 4.32. The molecule has 5 heteroatoms. The van der Waals surface area contributed by atoms with E-state index in [1.165, 1.54) is 0 Å². The van der Waals surface area contributed by atoms with Gasteiger partial charge < -0.3 is 10.4 Å². The van der Waals surface area contributed by atoms with Crippen molar-refractivity contribution in [1.82, 2.24) is 5.32 Å². The van der Waals surface area contributed by atoms with Gasteiger partial charge in [0.05, 0.1) is 0 Å². The van der Waals surface area contributed by atoms with E-state index in [1.54, 1.807) is 23.1 Å². The highest BCUT2D eigenvalue weighted by Crippen LogP contribution is 2.45. The maximum Gasteiger partial charge on any atom is 0.322 e. The fourth-order valence-electron chi connectivity index (χ4n) is 2.75. The molecule has 2 amide bonds. The van der Waals surface area contributed by atoms with Crippen LogP contribution in [0.4, 0.5) is 10.5 Å². The molecule has 3 rings (SSSR count). The number of rotatable bonds is 2. The Balaban J connectivity index is 1.81. The minimum Gasteiger partial charge on any atom is -0.481 e. The molecule has 0 saturated heterocycles. The minimum atomic E-state index is -0.889. The molecular formula is C15H18N2O3. The summed E-state index contributed by atoms with van der Waals surface area (Å²) >= 11 is 0. The molecule has 1 fully saturated rings. The van der Waals surface area contributed by atoms with Gasteiger partial charge in [0.25, 0.3) is 0 Å². The van der Waals surface area contributed by atoms with Crippen LogP contribution in [0.3, 0.4) is 0 Å². The second-order valence-corrected chi connectivity index (χ2v) is 6.26. The van der Waals surface area contributed by atoms with Gasteiger partial charge in [0.2, 0.25) is 0 Å². The number of nitrogens with one attached hydrogen (secondary N) is 1. The molecule has 1 saturated carbocycles. The van der Waals surface area contributed by atoms with Crippen LogP contribution in [-0.2, 0) is 4.79 Å². The van der Waals surface area contributed by atoms with Crippen molar-refractivity contribution in [2.45, 2.75) is 32.2 Å². The van der Waals surface area contributed by atoms with Crippen LogP contribution in [0.1, 0.15) is 31.7 Å². The number of nitrogens with zero attached hydrogens (tertiary/aromatic N) is 1. The lowest BCUT2D eigenvalue weighted by atomic mass is 10.0. The maximum absolute atomic E-state index is 12.3. The first-order valence-corrected chi connectivity index (χ1v) is 6.80. The molecule has 106 valence electrons. The molecule has 2 atom stereocenters. The van der Waals surface area contributed by atoms with E-state index in [-0.39, 0.29) is 24.0 Å². The van der Waals surface area contributed by atoms with Crippen molar-refractivity contribution < 1.29 is 14.7 Å². The lowest BCUT2D eigenvalue weighted by molar-refractivity contribution is -0.138. The van der Waals surface area contributed by atoms with E-state index in [0.717, 1.165) is 6.42 Å². The zero-order valence-corrected chi connectivity index (χ0v) is 11.6. The van der Waals surface area contributed by atoms with E-state index in [0.29, 0.717) is 11.3 Å². The average Bonchev–Trinajstić information content (AvgIpc) is 2.85. The molecule has 1 aliphatic heterocycles. The summed E-state index contributed by atoms with van der Waals surface area (Å²) in [5.41, 5.74) is 1.57. The van der Waals surface area contributed by atoms with Crippen LogP contribution in [0.2, 0.25) is 0 Å². The first-order valence-electron chi connectivity index (χ1n) is 6.80. The largest absolute Gasteiger partial charge is 0.481 e. The zero-order chi connectivity index (χ0) is 14.5. The van der Waals surface area contributed by atoms with E-state index in [4.69, 9.17) is 0 Å². The fraction of sp³-hybridized carbons (Fsp3) is 0.467. The smallest absolute Gasteiger partial charge is 0.322 e. The number of anilines is 1. The summed E-state index contributed by atoms with van der Waals surface area (Å²) in [6, 6.07) is 7.20. The number of urea groups is 1. The number of carbonyl (C=O) groups is 2. The van der Waals surface area contributed by atoms with Crippen molar-refractivity contribution in [3.63, 3.8) is 0 Å². The Morgan fingerprint density at radius 1 is 1.35 bits per heavy atom.